The SMILES string of the molecule is O=C(O)CCN(CCC(=O)O)c1ccc2ncccc2c1. The van der Waals surface area contributed by atoms with Crippen molar-refractivity contribution < 1.29 is 19.8 Å². The van der Waals surface area contributed by atoms with E-state index in [0.717, 1.165) is 16.6 Å². The molecule has 0 fully saturated rings. The molecule has 0 aliphatic rings. The van der Waals surface area contributed by atoms with Gasteiger partial charge in [-0.15, -0.1) is 0 Å². The molecule has 2 rings (SSSR count). The second kappa shape index (κ2) is 6.69. The van der Waals surface area contributed by atoms with Crippen molar-refractivity contribution in [3.05, 3.63) is 36.5 Å². The Labute approximate surface area is 121 Å². The average molecular weight is 288 g/mol. The van der Waals surface area contributed by atoms with Gasteiger partial charge >= 0.3 is 11.9 Å². The lowest BCUT2D eigenvalue weighted by atomic mass is 10.1. The fourth-order valence-electron chi connectivity index (χ4n) is 2.09. The van der Waals surface area contributed by atoms with E-state index >= 15 is 0 Å². The number of rotatable bonds is 7. The molecule has 0 saturated carbocycles. The highest BCUT2D eigenvalue weighted by Gasteiger charge is 2.11. The fraction of sp³-hybridized carbons (Fsp3) is 0.267. The molecular weight excluding hydrogens is 272 g/mol. The Hall–Kier alpha value is -2.63. The van der Waals surface area contributed by atoms with Gasteiger partial charge in [0.1, 0.15) is 0 Å². The van der Waals surface area contributed by atoms with Crippen LogP contribution in [-0.2, 0) is 9.59 Å². The number of anilines is 1. The lowest BCUT2D eigenvalue weighted by Crippen LogP contribution is -2.28. The number of fused-ring (bicyclic) bond motifs is 1. The number of hydrogen-bond acceptors (Lipinski definition) is 4. The van der Waals surface area contributed by atoms with Gasteiger partial charge in [0, 0.05) is 30.4 Å². The molecule has 6 nitrogen and oxygen atoms in total. The third-order valence-corrected chi connectivity index (χ3v) is 3.14. The minimum atomic E-state index is -0.905. The molecule has 0 bridgehead atoms. The molecule has 1 aromatic carbocycles. The monoisotopic (exact) mass is 288 g/mol. The van der Waals surface area contributed by atoms with Crippen molar-refractivity contribution in [3.63, 3.8) is 0 Å². The van der Waals surface area contributed by atoms with Crippen LogP contribution in [0.4, 0.5) is 5.69 Å². The minimum Gasteiger partial charge on any atom is -0.481 e. The van der Waals surface area contributed by atoms with Crippen molar-refractivity contribution in [2.45, 2.75) is 12.8 Å². The summed E-state index contributed by atoms with van der Waals surface area (Å²) in [7, 11) is 0. The molecule has 0 spiro atoms. The third-order valence-electron chi connectivity index (χ3n) is 3.14. The zero-order chi connectivity index (χ0) is 15.2. The highest BCUT2D eigenvalue weighted by atomic mass is 16.4. The summed E-state index contributed by atoms with van der Waals surface area (Å²) in [6.07, 6.45) is 1.63. The van der Waals surface area contributed by atoms with Gasteiger partial charge in [-0.25, -0.2) is 0 Å². The van der Waals surface area contributed by atoms with E-state index in [1.54, 1.807) is 11.1 Å². The van der Waals surface area contributed by atoms with Gasteiger partial charge in [-0.1, -0.05) is 6.07 Å². The second-order valence-corrected chi connectivity index (χ2v) is 4.65. The highest BCUT2D eigenvalue weighted by molar-refractivity contribution is 5.82. The van der Waals surface area contributed by atoms with Gasteiger partial charge in [-0.3, -0.25) is 14.6 Å². The van der Waals surface area contributed by atoms with Crippen LogP contribution < -0.4 is 4.90 Å². The maximum absolute atomic E-state index is 10.7. The molecule has 0 radical (unpaired) electrons. The molecule has 0 saturated heterocycles. The van der Waals surface area contributed by atoms with Gasteiger partial charge in [0.05, 0.1) is 18.4 Å². The quantitative estimate of drug-likeness (QED) is 0.809. The first-order chi connectivity index (χ1) is 10.1. The zero-order valence-electron chi connectivity index (χ0n) is 11.4. The van der Waals surface area contributed by atoms with Crippen LogP contribution in [0.5, 0.6) is 0 Å². The largest absolute Gasteiger partial charge is 0.481 e. The van der Waals surface area contributed by atoms with E-state index in [2.05, 4.69) is 4.98 Å². The summed E-state index contributed by atoms with van der Waals surface area (Å²) in [5.74, 6) is -1.81. The van der Waals surface area contributed by atoms with Crippen LogP contribution in [0, 0.1) is 0 Å². The Morgan fingerprint density at radius 2 is 1.71 bits per heavy atom. The molecule has 1 aromatic heterocycles. The summed E-state index contributed by atoms with van der Waals surface area (Å²) in [6.45, 7) is 0.544. The van der Waals surface area contributed by atoms with Crippen LogP contribution >= 0.6 is 0 Å². The summed E-state index contributed by atoms with van der Waals surface area (Å²) in [5, 5.41) is 18.5. The topological polar surface area (TPSA) is 90.7 Å². The smallest absolute Gasteiger partial charge is 0.305 e. The minimum absolute atomic E-state index is 0.0370. The van der Waals surface area contributed by atoms with Crippen molar-refractivity contribution in [1.82, 2.24) is 4.98 Å². The van der Waals surface area contributed by atoms with Gasteiger partial charge < -0.3 is 15.1 Å². The molecule has 0 unspecified atom stereocenters. The van der Waals surface area contributed by atoms with E-state index in [-0.39, 0.29) is 25.9 Å². The molecule has 1 heterocycles. The van der Waals surface area contributed by atoms with E-state index in [0.29, 0.717) is 0 Å². The number of carbonyl (C=O) groups is 2. The number of benzene rings is 1. The molecule has 2 N–H and O–H groups in total. The van der Waals surface area contributed by atoms with Crippen molar-refractivity contribution in [2.75, 3.05) is 18.0 Å². The van der Waals surface area contributed by atoms with Gasteiger partial charge in [0.15, 0.2) is 0 Å². The average Bonchev–Trinajstić information content (AvgIpc) is 2.46. The molecule has 110 valence electrons. The molecule has 6 heteroatoms. The molecule has 0 amide bonds. The van der Waals surface area contributed by atoms with Crippen molar-refractivity contribution >= 4 is 28.5 Å². The Kier molecular flexibility index (Phi) is 4.71. The second-order valence-electron chi connectivity index (χ2n) is 4.65. The predicted molar refractivity (Wildman–Crippen MR) is 78.5 cm³/mol. The van der Waals surface area contributed by atoms with Gasteiger partial charge in [-0.2, -0.15) is 0 Å². The predicted octanol–water partition coefficient (Wildman–Crippen LogP) is 1.99. The Morgan fingerprint density at radius 3 is 2.33 bits per heavy atom. The van der Waals surface area contributed by atoms with Crippen LogP contribution in [0.25, 0.3) is 10.9 Å². The lowest BCUT2D eigenvalue weighted by molar-refractivity contribution is -0.137. The molecule has 2 aromatic rings. The first-order valence-electron chi connectivity index (χ1n) is 6.59. The zero-order valence-corrected chi connectivity index (χ0v) is 11.4. The number of aromatic nitrogens is 1. The Bertz CT molecular complexity index is 639. The Balaban J connectivity index is 2.23. The van der Waals surface area contributed by atoms with E-state index in [1.165, 1.54) is 0 Å². The summed E-state index contributed by atoms with van der Waals surface area (Å²) < 4.78 is 0. The lowest BCUT2D eigenvalue weighted by Gasteiger charge is -2.23. The summed E-state index contributed by atoms with van der Waals surface area (Å²) in [4.78, 5) is 27.5. The van der Waals surface area contributed by atoms with Crippen LogP contribution in [0.2, 0.25) is 0 Å². The number of pyridine rings is 1. The van der Waals surface area contributed by atoms with Crippen molar-refractivity contribution in [1.29, 1.82) is 0 Å². The fourth-order valence-corrected chi connectivity index (χ4v) is 2.09. The summed E-state index contributed by atoms with van der Waals surface area (Å²) in [6, 6.07) is 9.31. The van der Waals surface area contributed by atoms with Crippen LogP contribution in [0.1, 0.15) is 12.8 Å². The highest BCUT2D eigenvalue weighted by Crippen LogP contribution is 2.21. The maximum atomic E-state index is 10.7. The van der Waals surface area contributed by atoms with Crippen molar-refractivity contribution in [3.8, 4) is 0 Å². The van der Waals surface area contributed by atoms with Gasteiger partial charge in [-0.05, 0) is 24.3 Å². The molecule has 0 aliphatic carbocycles. The van der Waals surface area contributed by atoms with Crippen LogP contribution in [0.15, 0.2) is 36.5 Å². The Morgan fingerprint density at radius 1 is 1.05 bits per heavy atom. The molecular formula is C15H16N2O4. The summed E-state index contributed by atoms with van der Waals surface area (Å²) >= 11 is 0. The van der Waals surface area contributed by atoms with Crippen LogP contribution in [0.3, 0.4) is 0 Å². The molecule has 0 aliphatic heterocycles. The van der Waals surface area contributed by atoms with E-state index in [9.17, 15) is 9.59 Å². The number of carboxylic acid groups (broad SMARTS) is 2. The van der Waals surface area contributed by atoms with E-state index in [1.807, 2.05) is 30.3 Å². The maximum Gasteiger partial charge on any atom is 0.305 e. The standard InChI is InChI=1S/C15H16N2O4/c18-14(19)5-8-17(9-6-15(20)21)12-3-4-13-11(10-12)2-1-7-16-13/h1-4,7,10H,5-6,8-9H2,(H,18,19)(H,20,21). The number of hydrogen-bond donors (Lipinski definition) is 2. The van der Waals surface area contributed by atoms with Gasteiger partial charge in [0.2, 0.25) is 0 Å². The first-order valence-corrected chi connectivity index (χ1v) is 6.59. The number of aliphatic carboxylic acids is 2. The van der Waals surface area contributed by atoms with Crippen LogP contribution in [-0.4, -0.2) is 40.2 Å². The third kappa shape index (κ3) is 4.17. The van der Waals surface area contributed by atoms with Gasteiger partial charge in [0.25, 0.3) is 0 Å². The molecule has 21 heavy (non-hydrogen) atoms. The normalized spacial score (nSPS) is 10.5. The summed E-state index contributed by atoms with van der Waals surface area (Å²) in [5.41, 5.74) is 1.65. The van der Waals surface area contributed by atoms with Crippen molar-refractivity contribution in [2.24, 2.45) is 0 Å². The first kappa shape index (κ1) is 14.8. The molecule has 0 atom stereocenters. The van der Waals surface area contributed by atoms with E-state index in [4.69, 9.17) is 10.2 Å². The van der Waals surface area contributed by atoms with E-state index < -0.39 is 11.9 Å². The number of carboxylic acids is 2. The number of nitrogens with zero attached hydrogens (tertiary/aromatic N) is 2.